The van der Waals surface area contributed by atoms with Crippen molar-refractivity contribution in [1.82, 2.24) is 14.3 Å². The Hall–Kier alpha value is -2.31. The molecular formula is C22H26FN3OS. The lowest BCUT2D eigenvalue weighted by molar-refractivity contribution is 0.298. The lowest BCUT2D eigenvalue weighted by atomic mass is 10.0. The minimum absolute atomic E-state index is 0.312. The van der Waals surface area contributed by atoms with Crippen LogP contribution in [0.5, 0.6) is 10.9 Å². The minimum Gasteiger partial charge on any atom is -0.430 e. The van der Waals surface area contributed by atoms with E-state index in [1.165, 1.54) is 22.7 Å². The number of ether oxygens (including phenoxy) is 1. The maximum atomic E-state index is 12.4. The Morgan fingerprint density at radius 3 is 2.50 bits per heavy atom. The summed E-state index contributed by atoms with van der Waals surface area (Å²) >= 11 is 1.26. The molecule has 0 N–H and O–H groups in total. The van der Waals surface area contributed by atoms with Crippen LogP contribution in [0.15, 0.2) is 36.4 Å². The number of alkyl halides is 1. The van der Waals surface area contributed by atoms with E-state index in [1.54, 1.807) is 0 Å². The molecule has 0 unspecified atom stereocenters. The minimum atomic E-state index is -0.312. The molecule has 0 saturated carbocycles. The zero-order chi connectivity index (χ0) is 20.1. The van der Waals surface area contributed by atoms with Crippen LogP contribution >= 0.6 is 11.5 Å². The van der Waals surface area contributed by atoms with E-state index in [4.69, 9.17) is 4.74 Å². The van der Waals surface area contributed by atoms with E-state index in [1.807, 2.05) is 49.2 Å². The number of halogens is 1. The predicted octanol–water partition coefficient (Wildman–Crippen LogP) is 5.37. The molecule has 0 aliphatic carbocycles. The van der Waals surface area contributed by atoms with Crippen molar-refractivity contribution in [3.63, 3.8) is 0 Å². The smallest absolute Gasteiger partial charge is 0.299 e. The fraction of sp³-hybridized carbons (Fsp3) is 0.364. The van der Waals surface area contributed by atoms with Crippen molar-refractivity contribution in [2.45, 2.75) is 27.2 Å². The van der Waals surface area contributed by atoms with E-state index in [2.05, 4.69) is 29.3 Å². The zero-order valence-electron chi connectivity index (χ0n) is 16.8. The van der Waals surface area contributed by atoms with E-state index < -0.39 is 0 Å². The van der Waals surface area contributed by atoms with E-state index in [9.17, 15) is 4.39 Å². The summed E-state index contributed by atoms with van der Waals surface area (Å²) in [6.07, 6.45) is 0.889. The summed E-state index contributed by atoms with van der Waals surface area (Å²) in [5.74, 6) is 1.48. The molecule has 0 aliphatic heterocycles. The maximum absolute atomic E-state index is 12.4. The van der Waals surface area contributed by atoms with Gasteiger partial charge >= 0.3 is 0 Å². The normalized spacial score (nSPS) is 11.2. The first kappa shape index (κ1) is 20.4. The molecule has 0 amide bonds. The monoisotopic (exact) mass is 399 g/mol. The summed E-state index contributed by atoms with van der Waals surface area (Å²) < 4.78 is 22.9. The van der Waals surface area contributed by atoms with Crippen molar-refractivity contribution in [2.75, 3.05) is 26.8 Å². The summed E-state index contributed by atoms with van der Waals surface area (Å²) in [6.45, 7) is 7.16. The van der Waals surface area contributed by atoms with Gasteiger partial charge in [0.15, 0.2) is 5.82 Å². The van der Waals surface area contributed by atoms with Gasteiger partial charge in [0, 0.05) is 30.2 Å². The molecule has 3 rings (SSSR count). The number of aryl methyl sites for hydroxylation is 3. The Bertz CT molecular complexity index is 924. The fourth-order valence-electron chi connectivity index (χ4n) is 2.96. The SMILES string of the molecule is Cc1ccc(-c2nsc(Oc3cc(C)c(CCN(C)CCF)cc3C)n2)cc1. The second-order valence-corrected chi connectivity index (χ2v) is 7.85. The molecule has 3 aromatic rings. The van der Waals surface area contributed by atoms with Gasteiger partial charge in [-0.15, -0.1) is 0 Å². The van der Waals surface area contributed by atoms with Gasteiger partial charge in [0.05, 0.1) is 0 Å². The van der Waals surface area contributed by atoms with Crippen LogP contribution in [0.3, 0.4) is 0 Å². The van der Waals surface area contributed by atoms with Gasteiger partial charge in [-0.3, -0.25) is 0 Å². The molecule has 0 aliphatic rings. The molecule has 1 heterocycles. The highest BCUT2D eigenvalue weighted by Gasteiger charge is 2.12. The molecule has 0 fully saturated rings. The standard InChI is InChI=1S/C22H26FN3OS/c1-15-5-7-18(8-6-15)21-24-22(28-25-21)27-20-14-16(2)19(13-17(20)3)9-11-26(4)12-10-23/h5-8,13-14H,9-12H2,1-4H3. The fourth-order valence-corrected chi connectivity index (χ4v) is 3.53. The number of nitrogens with zero attached hydrogens (tertiary/aromatic N) is 3. The average molecular weight is 400 g/mol. The molecule has 0 radical (unpaired) electrons. The first-order chi connectivity index (χ1) is 13.5. The second kappa shape index (κ2) is 9.26. The molecule has 4 nitrogen and oxygen atoms in total. The molecule has 0 atom stereocenters. The highest BCUT2D eigenvalue weighted by Crippen LogP contribution is 2.31. The van der Waals surface area contributed by atoms with Crippen molar-refractivity contribution in [1.29, 1.82) is 0 Å². The van der Waals surface area contributed by atoms with Crippen LogP contribution in [0, 0.1) is 20.8 Å². The Morgan fingerprint density at radius 1 is 1.04 bits per heavy atom. The first-order valence-corrected chi connectivity index (χ1v) is 10.2. The summed E-state index contributed by atoms with van der Waals surface area (Å²) in [5.41, 5.74) is 5.67. The molecule has 0 spiro atoms. The van der Waals surface area contributed by atoms with Crippen LogP contribution in [-0.4, -0.2) is 41.1 Å². The molecule has 1 aromatic heterocycles. The van der Waals surface area contributed by atoms with Crippen LogP contribution in [0.4, 0.5) is 4.39 Å². The van der Waals surface area contributed by atoms with Crippen LogP contribution in [-0.2, 0) is 6.42 Å². The highest BCUT2D eigenvalue weighted by atomic mass is 32.1. The molecule has 28 heavy (non-hydrogen) atoms. The Labute approximate surface area is 170 Å². The zero-order valence-corrected chi connectivity index (χ0v) is 17.6. The summed E-state index contributed by atoms with van der Waals surface area (Å²) in [6, 6.07) is 12.3. The van der Waals surface area contributed by atoms with Crippen molar-refractivity contribution in [3.8, 4) is 22.3 Å². The van der Waals surface area contributed by atoms with Crippen molar-refractivity contribution < 1.29 is 9.13 Å². The van der Waals surface area contributed by atoms with Gasteiger partial charge in [0.2, 0.25) is 0 Å². The van der Waals surface area contributed by atoms with Crippen LogP contribution in [0.25, 0.3) is 11.4 Å². The Morgan fingerprint density at radius 2 is 1.79 bits per heavy atom. The lowest BCUT2D eigenvalue weighted by Gasteiger charge is -2.16. The Balaban J connectivity index is 1.71. The van der Waals surface area contributed by atoms with Gasteiger partial charge in [0.25, 0.3) is 5.19 Å². The topological polar surface area (TPSA) is 38.2 Å². The molecular weight excluding hydrogens is 373 g/mol. The number of benzene rings is 2. The quantitative estimate of drug-likeness (QED) is 0.511. The molecule has 6 heteroatoms. The van der Waals surface area contributed by atoms with Crippen LogP contribution in [0.1, 0.15) is 22.3 Å². The molecule has 0 saturated heterocycles. The third kappa shape index (κ3) is 5.14. The first-order valence-electron chi connectivity index (χ1n) is 9.39. The van der Waals surface area contributed by atoms with Gasteiger partial charge in [-0.2, -0.15) is 9.36 Å². The van der Waals surface area contributed by atoms with Gasteiger partial charge in [-0.25, -0.2) is 4.39 Å². The van der Waals surface area contributed by atoms with E-state index in [0.29, 0.717) is 17.6 Å². The van der Waals surface area contributed by atoms with Gasteiger partial charge < -0.3 is 9.64 Å². The van der Waals surface area contributed by atoms with E-state index >= 15 is 0 Å². The van der Waals surface area contributed by atoms with Crippen LogP contribution < -0.4 is 4.74 Å². The number of likely N-dealkylation sites (N-methyl/N-ethyl adjacent to an activating group) is 1. The van der Waals surface area contributed by atoms with Crippen LogP contribution in [0.2, 0.25) is 0 Å². The largest absolute Gasteiger partial charge is 0.430 e. The number of aromatic nitrogens is 2. The Kier molecular flexibility index (Phi) is 6.75. The predicted molar refractivity (Wildman–Crippen MR) is 113 cm³/mol. The molecule has 0 bridgehead atoms. The lowest BCUT2D eigenvalue weighted by Crippen LogP contribution is -2.23. The van der Waals surface area contributed by atoms with Crippen molar-refractivity contribution in [2.24, 2.45) is 0 Å². The molecule has 148 valence electrons. The second-order valence-electron chi connectivity index (χ2n) is 7.14. The summed E-state index contributed by atoms with van der Waals surface area (Å²) in [5, 5.41) is 0.536. The average Bonchev–Trinajstić information content (AvgIpc) is 3.12. The summed E-state index contributed by atoms with van der Waals surface area (Å²) in [7, 11) is 1.94. The van der Waals surface area contributed by atoms with E-state index in [0.717, 1.165) is 35.4 Å². The summed E-state index contributed by atoms with van der Waals surface area (Å²) in [4.78, 5) is 6.53. The van der Waals surface area contributed by atoms with Gasteiger partial charge in [0.1, 0.15) is 12.4 Å². The number of hydrogen-bond donors (Lipinski definition) is 0. The number of rotatable bonds is 8. The van der Waals surface area contributed by atoms with E-state index in [-0.39, 0.29) is 6.67 Å². The third-order valence-corrected chi connectivity index (χ3v) is 5.37. The maximum Gasteiger partial charge on any atom is 0.299 e. The molecule has 2 aromatic carbocycles. The van der Waals surface area contributed by atoms with Crippen molar-refractivity contribution in [3.05, 3.63) is 58.7 Å². The number of hydrogen-bond acceptors (Lipinski definition) is 5. The van der Waals surface area contributed by atoms with Crippen molar-refractivity contribution >= 4 is 11.5 Å². The third-order valence-electron chi connectivity index (χ3n) is 4.78. The highest BCUT2D eigenvalue weighted by molar-refractivity contribution is 7.07. The van der Waals surface area contributed by atoms with Gasteiger partial charge in [-0.05, 0) is 57.0 Å². The van der Waals surface area contributed by atoms with Gasteiger partial charge in [-0.1, -0.05) is 35.9 Å².